The number of carbonyl (C=O) groups excluding carboxylic acids is 1. The van der Waals surface area contributed by atoms with E-state index < -0.39 is 15.8 Å². The number of amides is 1. The van der Waals surface area contributed by atoms with E-state index in [9.17, 15) is 30.1 Å². The first kappa shape index (κ1) is 18.5. The van der Waals surface area contributed by atoms with Crippen molar-refractivity contribution in [2.75, 3.05) is 4.90 Å². The van der Waals surface area contributed by atoms with E-state index in [0.717, 1.165) is 23.9 Å². The van der Waals surface area contributed by atoms with Gasteiger partial charge in [-0.05, 0) is 24.3 Å². The van der Waals surface area contributed by atoms with Gasteiger partial charge in [0.05, 0.1) is 20.4 Å². The molecule has 2 aromatic rings. The van der Waals surface area contributed by atoms with Gasteiger partial charge in [0.15, 0.2) is 4.32 Å². The second-order valence-electron chi connectivity index (χ2n) is 5.29. The van der Waals surface area contributed by atoms with Gasteiger partial charge in [0.2, 0.25) is 0 Å². The quantitative estimate of drug-likeness (QED) is 0.355. The molecule has 1 heterocycles. The van der Waals surface area contributed by atoms with Gasteiger partial charge in [-0.2, -0.15) is 0 Å². The van der Waals surface area contributed by atoms with Crippen LogP contribution in [0.3, 0.4) is 0 Å². The van der Waals surface area contributed by atoms with E-state index in [-0.39, 0.29) is 31.9 Å². The molecule has 0 atom stereocenters. The van der Waals surface area contributed by atoms with Crippen molar-refractivity contribution in [1.29, 1.82) is 0 Å². The Morgan fingerprint density at radius 1 is 1.04 bits per heavy atom. The molecule has 0 bridgehead atoms. The maximum absolute atomic E-state index is 12.7. The van der Waals surface area contributed by atoms with Gasteiger partial charge >= 0.3 is 0 Å². The van der Waals surface area contributed by atoms with E-state index >= 15 is 0 Å². The Morgan fingerprint density at radius 3 is 2.22 bits per heavy atom. The van der Waals surface area contributed by atoms with Gasteiger partial charge in [-0.25, -0.2) is 0 Å². The molecule has 1 N–H and O–H groups in total. The van der Waals surface area contributed by atoms with Crippen LogP contribution in [0.5, 0.6) is 5.75 Å². The Balaban J connectivity index is 1.94. The third-order valence-electron chi connectivity index (χ3n) is 3.62. The van der Waals surface area contributed by atoms with Crippen molar-refractivity contribution in [3.63, 3.8) is 0 Å². The minimum absolute atomic E-state index is 0.105. The molecule has 3 rings (SSSR count). The van der Waals surface area contributed by atoms with Gasteiger partial charge in [0.25, 0.3) is 17.3 Å². The summed E-state index contributed by atoms with van der Waals surface area (Å²) < 4.78 is 0.199. The van der Waals surface area contributed by atoms with Crippen LogP contribution in [0.1, 0.15) is 5.56 Å². The minimum atomic E-state index is -0.612. The fourth-order valence-electron chi connectivity index (χ4n) is 2.33. The van der Waals surface area contributed by atoms with Crippen molar-refractivity contribution in [2.24, 2.45) is 0 Å². The summed E-state index contributed by atoms with van der Waals surface area (Å²) in [5, 5.41) is 31.5. The fourth-order valence-corrected chi connectivity index (χ4v) is 3.62. The molecule has 0 aromatic heterocycles. The number of anilines is 1. The van der Waals surface area contributed by atoms with E-state index in [1.165, 1.54) is 41.3 Å². The molecule has 0 radical (unpaired) electrons. The fraction of sp³-hybridized carbons (Fsp3) is 0. The first-order valence-corrected chi connectivity index (χ1v) is 8.50. The molecule has 0 spiro atoms. The van der Waals surface area contributed by atoms with E-state index in [1.807, 2.05) is 0 Å². The number of benzene rings is 2. The number of hydrogen-bond donors (Lipinski definition) is 1. The molecule has 27 heavy (non-hydrogen) atoms. The molecule has 1 aliphatic heterocycles. The van der Waals surface area contributed by atoms with Crippen LogP contribution in [0, 0.1) is 20.2 Å². The zero-order valence-electron chi connectivity index (χ0n) is 13.3. The number of carbonyl (C=O) groups is 1. The lowest BCUT2D eigenvalue weighted by atomic mass is 10.1. The topological polar surface area (TPSA) is 127 Å². The molecule has 1 saturated heterocycles. The van der Waals surface area contributed by atoms with Crippen LogP contribution in [-0.4, -0.2) is 25.2 Å². The number of rotatable bonds is 4. The summed E-state index contributed by atoms with van der Waals surface area (Å²) >= 11 is 6.16. The molecule has 0 unspecified atom stereocenters. The van der Waals surface area contributed by atoms with Gasteiger partial charge in [-0.15, -0.1) is 0 Å². The molecular weight excluding hydrogens is 394 g/mol. The lowest BCUT2D eigenvalue weighted by Gasteiger charge is -2.13. The Labute approximate surface area is 161 Å². The summed E-state index contributed by atoms with van der Waals surface area (Å²) in [6.45, 7) is 0. The number of nitro benzene ring substituents is 2. The van der Waals surface area contributed by atoms with E-state index in [0.29, 0.717) is 5.69 Å². The summed E-state index contributed by atoms with van der Waals surface area (Å²) in [5.74, 6) is -0.717. The number of phenols is 1. The Bertz CT molecular complexity index is 1020. The molecule has 0 saturated carbocycles. The van der Waals surface area contributed by atoms with Crippen molar-refractivity contribution < 1.29 is 19.7 Å². The van der Waals surface area contributed by atoms with Crippen LogP contribution in [0.4, 0.5) is 17.1 Å². The summed E-state index contributed by atoms with van der Waals surface area (Å²) in [6, 6.07) is 8.77. The van der Waals surface area contributed by atoms with Crippen LogP contribution in [0.25, 0.3) is 6.08 Å². The predicted octanol–water partition coefficient (Wildman–Crippen LogP) is 3.61. The molecular formula is C16H9N3O6S2. The van der Waals surface area contributed by atoms with Gasteiger partial charge in [-0.1, -0.05) is 24.0 Å². The average Bonchev–Trinajstić information content (AvgIpc) is 2.90. The van der Waals surface area contributed by atoms with Crippen LogP contribution >= 0.6 is 24.0 Å². The third-order valence-corrected chi connectivity index (χ3v) is 4.92. The van der Waals surface area contributed by atoms with E-state index in [4.69, 9.17) is 12.2 Å². The molecule has 1 aliphatic rings. The third kappa shape index (κ3) is 3.64. The molecule has 1 fully saturated rings. The molecule has 1 amide bonds. The number of non-ortho nitro benzene ring substituents is 2. The molecule has 2 aromatic carbocycles. The van der Waals surface area contributed by atoms with Crippen LogP contribution in [0.15, 0.2) is 47.4 Å². The summed E-state index contributed by atoms with van der Waals surface area (Å²) in [7, 11) is 0. The highest BCUT2D eigenvalue weighted by Gasteiger charge is 2.33. The monoisotopic (exact) mass is 403 g/mol. The number of nitrogens with zero attached hydrogens (tertiary/aromatic N) is 3. The molecule has 11 heteroatoms. The highest BCUT2D eigenvalue weighted by atomic mass is 32.2. The van der Waals surface area contributed by atoms with Crippen LogP contribution < -0.4 is 4.90 Å². The zero-order valence-corrected chi connectivity index (χ0v) is 14.9. The lowest BCUT2D eigenvalue weighted by molar-refractivity contribution is -0.385. The first-order chi connectivity index (χ1) is 12.8. The van der Waals surface area contributed by atoms with Gasteiger partial charge in [-0.3, -0.25) is 29.9 Å². The minimum Gasteiger partial charge on any atom is -0.507 e. The Hall–Kier alpha value is -3.31. The maximum atomic E-state index is 12.7. The number of nitro groups is 2. The van der Waals surface area contributed by atoms with Crippen molar-refractivity contribution >= 4 is 57.3 Å². The van der Waals surface area contributed by atoms with E-state index in [2.05, 4.69) is 0 Å². The van der Waals surface area contributed by atoms with Crippen molar-refractivity contribution in [2.45, 2.75) is 0 Å². The second-order valence-corrected chi connectivity index (χ2v) is 6.97. The SMILES string of the molecule is O=C1/C(=C/c2cc([N+](=O)[O-])ccc2O)SC(=S)N1c1ccc([N+](=O)[O-])cc1. The summed E-state index contributed by atoms with van der Waals surface area (Å²) in [4.78, 5) is 34.5. The second kappa shape index (κ2) is 7.13. The molecule has 9 nitrogen and oxygen atoms in total. The highest BCUT2D eigenvalue weighted by molar-refractivity contribution is 8.27. The zero-order chi connectivity index (χ0) is 19.7. The van der Waals surface area contributed by atoms with Crippen molar-refractivity contribution in [3.05, 3.63) is 73.2 Å². The molecule has 0 aliphatic carbocycles. The smallest absolute Gasteiger partial charge is 0.270 e. The first-order valence-electron chi connectivity index (χ1n) is 7.28. The van der Waals surface area contributed by atoms with E-state index in [1.54, 1.807) is 0 Å². The highest BCUT2D eigenvalue weighted by Crippen LogP contribution is 2.37. The van der Waals surface area contributed by atoms with Crippen molar-refractivity contribution in [3.8, 4) is 5.75 Å². The largest absolute Gasteiger partial charge is 0.507 e. The number of aromatic hydroxyl groups is 1. The Kier molecular flexibility index (Phi) is 4.88. The van der Waals surface area contributed by atoms with Gasteiger partial charge < -0.3 is 5.11 Å². The maximum Gasteiger partial charge on any atom is 0.270 e. The van der Waals surface area contributed by atoms with Crippen LogP contribution in [-0.2, 0) is 4.79 Å². The van der Waals surface area contributed by atoms with Crippen molar-refractivity contribution in [1.82, 2.24) is 0 Å². The standard InChI is InChI=1S/C16H9N3O6S2/c20-13-6-5-12(19(24)25)7-9(13)8-14-15(21)17(16(26)27-14)10-1-3-11(4-2-10)18(22)23/h1-8,20H/b14-8-. The lowest BCUT2D eigenvalue weighted by Crippen LogP contribution is -2.27. The predicted molar refractivity (Wildman–Crippen MR) is 104 cm³/mol. The van der Waals surface area contributed by atoms with Gasteiger partial charge in [0.1, 0.15) is 5.75 Å². The molecule has 136 valence electrons. The van der Waals surface area contributed by atoms with Crippen LogP contribution in [0.2, 0.25) is 0 Å². The summed E-state index contributed by atoms with van der Waals surface area (Å²) in [5.41, 5.74) is 0.106. The van der Waals surface area contributed by atoms with Gasteiger partial charge in [0, 0.05) is 29.8 Å². The number of hydrogen-bond acceptors (Lipinski definition) is 8. The normalized spacial score (nSPS) is 15.4. The number of thioether (sulfide) groups is 1. The number of phenolic OH excluding ortho intramolecular Hbond substituents is 1. The number of thiocarbonyl (C=S) groups is 1. The summed E-state index contributed by atoms with van der Waals surface area (Å²) in [6.07, 6.45) is 1.31. The Morgan fingerprint density at radius 2 is 1.63 bits per heavy atom. The average molecular weight is 403 g/mol.